The molecule has 2 heterocycles. The number of anilines is 1. The largest absolute Gasteiger partial charge is 0.457 e. The molecule has 2 aliphatic heterocycles. The van der Waals surface area contributed by atoms with Crippen molar-refractivity contribution in [2.45, 2.75) is 0 Å². The molecule has 34 heavy (non-hydrogen) atoms. The molecule has 0 atom stereocenters. The van der Waals surface area contributed by atoms with Gasteiger partial charge in [0.05, 0.1) is 10.6 Å². The molecule has 0 saturated carbocycles. The Balaban J connectivity index is 1.22. The van der Waals surface area contributed by atoms with Gasteiger partial charge in [-0.3, -0.25) is 4.79 Å². The van der Waals surface area contributed by atoms with Crippen molar-refractivity contribution < 1.29 is 9.53 Å². The van der Waals surface area contributed by atoms with Gasteiger partial charge in [0.25, 0.3) is 5.91 Å². The second-order valence-corrected chi connectivity index (χ2v) is 9.30. The molecular weight excluding hydrogens is 444 g/mol. The number of amidine groups is 1. The molecule has 0 unspecified atom stereocenters. The van der Waals surface area contributed by atoms with Crippen LogP contribution in [0.4, 0.5) is 11.4 Å². The zero-order valence-corrected chi connectivity index (χ0v) is 19.8. The first kappa shape index (κ1) is 22.3. The molecule has 0 aromatic heterocycles. The zero-order chi connectivity index (χ0) is 23.3. The fourth-order valence-corrected chi connectivity index (χ4v) is 4.65. The highest BCUT2D eigenvalue weighted by atomic mass is 32.2. The number of para-hydroxylation sites is 1. The Morgan fingerprint density at radius 3 is 2.26 bits per heavy atom. The van der Waals surface area contributed by atoms with E-state index in [2.05, 4.69) is 51.4 Å². The molecule has 6 nitrogen and oxygen atoms in total. The maximum atomic E-state index is 12.5. The molecule has 2 aliphatic rings. The highest BCUT2D eigenvalue weighted by Gasteiger charge is 2.24. The van der Waals surface area contributed by atoms with Gasteiger partial charge in [-0.05, 0) is 79.0 Å². The van der Waals surface area contributed by atoms with Crippen LogP contribution in [0.2, 0.25) is 0 Å². The number of ether oxygens (including phenoxy) is 1. The van der Waals surface area contributed by atoms with E-state index in [1.165, 1.54) is 17.4 Å². The minimum atomic E-state index is -0.129. The third-order valence-corrected chi connectivity index (χ3v) is 6.67. The number of carbonyl (C=O) groups excluding carboxylic acids is 1. The second-order valence-electron chi connectivity index (χ2n) is 8.27. The number of benzene rings is 3. The molecule has 0 radical (unpaired) electrons. The number of aliphatic imine (C=N–C) groups is 1. The van der Waals surface area contributed by atoms with E-state index >= 15 is 0 Å². The van der Waals surface area contributed by atoms with Gasteiger partial charge in [0.15, 0.2) is 5.17 Å². The fourth-order valence-electron chi connectivity index (χ4n) is 3.81. The third-order valence-electron chi connectivity index (χ3n) is 5.76. The van der Waals surface area contributed by atoms with Crippen LogP contribution in [0, 0.1) is 0 Å². The molecule has 5 rings (SSSR count). The first-order valence-electron chi connectivity index (χ1n) is 11.3. The first-order chi connectivity index (χ1) is 16.6. The van der Waals surface area contributed by atoms with E-state index in [1.807, 2.05) is 60.7 Å². The molecule has 1 amide bonds. The van der Waals surface area contributed by atoms with Crippen LogP contribution in [0.1, 0.15) is 5.56 Å². The van der Waals surface area contributed by atoms with Gasteiger partial charge in [-0.1, -0.05) is 30.3 Å². The van der Waals surface area contributed by atoms with E-state index in [4.69, 9.17) is 4.74 Å². The molecular formula is C27H26N4O2S. The molecule has 7 heteroatoms. The third kappa shape index (κ3) is 5.50. The monoisotopic (exact) mass is 470 g/mol. The van der Waals surface area contributed by atoms with Crippen molar-refractivity contribution in [1.82, 2.24) is 10.2 Å². The van der Waals surface area contributed by atoms with Gasteiger partial charge in [0.1, 0.15) is 11.5 Å². The van der Waals surface area contributed by atoms with E-state index in [0.29, 0.717) is 10.1 Å². The van der Waals surface area contributed by atoms with Crippen molar-refractivity contribution in [1.29, 1.82) is 0 Å². The first-order valence-corrected chi connectivity index (χ1v) is 12.1. The average Bonchev–Trinajstić information content (AvgIpc) is 3.20. The van der Waals surface area contributed by atoms with Crippen molar-refractivity contribution in [3.05, 3.63) is 89.3 Å². The smallest absolute Gasteiger partial charge is 0.264 e. The summed E-state index contributed by atoms with van der Waals surface area (Å²) >= 11 is 1.35. The number of amides is 1. The normalized spacial score (nSPS) is 19.0. The van der Waals surface area contributed by atoms with Crippen LogP contribution in [0.5, 0.6) is 11.5 Å². The summed E-state index contributed by atoms with van der Waals surface area (Å²) in [6.45, 7) is 4.23. The van der Waals surface area contributed by atoms with E-state index in [9.17, 15) is 4.79 Å². The van der Waals surface area contributed by atoms with Crippen molar-refractivity contribution in [2.75, 3.05) is 38.1 Å². The summed E-state index contributed by atoms with van der Waals surface area (Å²) in [5.74, 6) is 1.39. The highest BCUT2D eigenvalue weighted by molar-refractivity contribution is 8.18. The molecule has 172 valence electrons. The van der Waals surface area contributed by atoms with Crippen LogP contribution in [0.15, 0.2) is 88.8 Å². The van der Waals surface area contributed by atoms with Crippen molar-refractivity contribution in [3.63, 3.8) is 0 Å². The average molecular weight is 471 g/mol. The lowest BCUT2D eigenvalue weighted by Gasteiger charge is -2.34. The minimum Gasteiger partial charge on any atom is -0.457 e. The van der Waals surface area contributed by atoms with Crippen LogP contribution < -0.4 is 15.0 Å². The quantitative estimate of drug-likeness (QED) is 0.525. The van der Waals surface area contributed by atoms with Gasteiger partial charge >= 0.3 is 0 Å². The molecule has 2 fully saturated rings. The van der Waals surface area contributed by atoms with E-state index < -0.39 is 0 Å². The molecule has 0 aliphatic carbocycles. The van der Waals surface area contributed by atoms with Crippen molar-refractivity contribution in [3.8, 4) is 11.5 Å². The Kier molecular flexibility index (Phi) is 6.65. The molecule has 2 saturated heterocycles. The van der Waals surface area contributed by atoms with Gasteiger partial charge in [-0.15, -0.1) is 0 Å². The number of hydrogen-bond donors (Lipinski definition) is 1. The Bertz CT molecular complexity index is 1200. The number of rotatable bonds is 5. The highest BCUT2D eigenvalue weighted by Crippen LogP contribution is 2.30. The SMILES string of the molecule is CN1CCN(c2ccc(/C=C3/SC(=Nc4ccc(Oc5ccccc5)cc4)NC3=O)cc2)CC1. The van der Waals surface area contributed by atoms with Gasteiger partial charge in [0.2, 0.25) is 0 Å². The fraction of sp³-hybridized carbons (Fsp3) is 0.185. The van der Waals surface area contributed by atoms with Crippen LogP contribution in [0.25, 0.3) is 6.08 Å². The number of nitrogens with one attached hydrogen (secondary N) is 1. The summed E-state index contributed by atoms with van der Waals surface area (Å²) in [6.07, 6.45) is 1.91. The maximum absolute atomic E-state index is 12.5. The lowest BCUT2D eigenvalue weighted by molar-refractivity contribution is -0.115. The van der Waals surface area contributed by atoms with E-state index in [0.717, 1.165) is 48.9 Å². The zero-order valence-electron chi connectivity index (χ0n) is 19.0. The van der Waals surface area contributed by atoms with Gasteiger partial charge in [0, 0.05) is 31.9 Å². The summed E-state index contributed by atoms with van der Waals surface area (Å²) in [7, 11) is 2.16. The predicted octanol–water partition coefficient (Wildman–Crippen LogP) is 5.12. The van der Waals surface area contributed by atoms with Gasteiger partial charge < -0.3 is 19.9 Å². The summed E-state index contributed by atoms with van der Waals surface area (Å²) in [5.41, 5.74) is 2.97. The summed E-state index contributed by atoms with van der Waals surface area (Å²) < 4.78 is 5.82. The minimum absolute atomic E-state index is 0.129. The number of thioether (sulfide) groups is 1. The van der Waals surface area contributed by atoms with Crippen molar-refractivity contribution >= 4 is 40.3 Å². The topological polar surface area (TPSA) is 57.2 Å². The summed E-state index contributed by atoms with van der Waals surface area (Å²) in [6, 6.07) is 25.5. The number of piperazine rings is 1. The molecule has 3 aromatic carbocycles. The van der Waals surface area contributed by atoms with Crippen LogP contribution in [0.3, 0.4) is 0 Å². The number of hydrogen-bond acceptors (Lipinski definition) is 6. The number of nitrogens with zero attached hydrogens (tertiary/aromatic N) is 3. The summed E-state index contributed by atoms with van der Waals surface area (Å²) in [4.78, 5) is 22.4. The molecule has 0 bridgehead atoms. The standard InChI is InChI=1S/C27H26N4O2S/c1-30-15-17-31(18-16-30)22-11-7-20(8-12-22)19-25-26(32)29-27(34-25)28-21-9-13-24(14-10-21)33-23-5-3-2-4-6-23/h2-14,19H,15-18H2,1H3,(H,28,29,32)/b25-19+. The Hall–Kier alpha value is -3.55. The van der Waals surface area contributed by atoms with Gasteiger partial charge in [-0.2, -0.15) is 0 Å². The lowest BCUT2D eigenvalue weighted by Crippen LogP contribution is -2.44. The Morgan fingerprint density at radius 2 is 1.56 bits per heavy atom. The second kappa shape index (κ2) is 10.2. The molecule has 0 spiro atoms. The van der Waals surface area contributed by atoms with Crippen LogP contribution in [-0.2, 0) is 4.79 Å². The van der Waals surface area contributed by atoms with Crippen LogP contribution >= 0.6 is 11.8 Å². The van der Waals surface area contributed by atoms with E-state index in [1.54, 1.807) is 0 Å². The summed E-state index contributed by atoms with van der Waals surface area (Å²) in [5, 5.41) is 3.43. The van der Waals surface area contributed by atoms with Crippen LogP contribution in [-0.4, -0.2) is 49.2 Å². The maximum Gasteiger partial charge on any atom is 0.264 e. The van der Waals surface area contributed by atoms with Crippen molar-refractivity contribution in [2.24, 2.45) is 4.99 Å². The van der Waals surface area contributed by atoms with Gasteiger partial charge in [-0.25, -0.2) is 4.99 Å². The Morgan fingerprint density at radius 1 is 0.882 bits per heavy atom. The predicted molar refractivity (Wildman–Crippen MR) is 140 cm³/mol. The molecule has 3 aromatic rings. The molecule has 1 N–H and O–H groups in total. The van der Waals surface area contributed by atoms with E-state index in [-0.39, 0.29) is 5.91 Å². The Labute approximate surface area is 203 Å². The number of likely N-dealkylation sites (N-methyl/N-ethyl adjacent to an activating group) is 1. The number of carbonyl (C=O) groups is 1. The lowest BCUT2D eigenvalue weighted by atomic mass is 10.1.